The van der Waals surface area contributed by atoms with E-state index < -0.39 is 0 Å². The smallest absolute Gasteiger partial charge is 0.255 e. The molecule has 0 bridgehead atoms. The van der Waals surface area contributed by atoms with Crippen LogP contribution < -0.4 is 4.74 Å². The van der Waals surface area contributed by atoms with Crippen LogP contribution in [0.1, 0.15) is 26.9 Å². The fourth-order valence-electron chi connectivity index (χ4n) is 2.72. The molecule has 0 aromatic heterocycles. The van der Waals surface area contributed by atoms with Crippen LogP contribution in [-0.4, -0.2) is 30.2 Å². The Bertz CT molecular complexity index is 686. The molecular formula is C18H19NO2S. The van der Waals surface area contributed by atoms with E-state index in [9.17, 15) is 4.79 Å². The van der Waals surface area contributed by atoms with Gasteiger partial charge < -0.3 is 9.64 Å². The molecule has 1 amide bonds. The molecule has 1 fully saturated rings. The summed E-state index contributed by atoms with van der Waals surface area (Å²) in [5, 5.41) is 0.0576. The average molecular weight is 313 g/mol. The third-order valence-electron chi connectivity index (χ3n) is 3.91. The summed E-state index contributed by atoms with van der Waals surface area (Å²) < 4.78 is 5.30. The van der Waals surface area contributed by atoms with E-state index in [4.69, 9.17) is 4.74 Å². The van der Waals surface area contributed by atoms with Crippen molar-refractivity contribution in [1.82, 2.24) is 4.90 Å². The average Bonchev–Trinajstić information content (AvgIpc) is 3.04. The van der Waals surface area contributed by atoms with E-state index in [0.717, 1.165) is 34.7 Å². The van der Waals surface area contributed by atoms with E-state index in [1.165, 1.54) is 0 Å². The van der Waals surface area contributed by atoms with E-state index in [2.05, 4.69) is 6.07 Å². The lowest BCUT2D eigenvalue weighted by Gasteiger charge is -2.25. The minimum absolute atomic E-state index is 0.0576. The first-order valence-corrected chi connectivity index (χ1v) is 8.38. The molecule has 0 spiro atoms. The first-order valence-electron chi connectivity index (χ1n) is 7.33. The summed E-state index contributed by atoms with van der Waals surface area (Å²) in [6, 6.07) is 15.7. The number of amides is 1. The van der Waals surface area contributed by atoms with E-state index in [0.29, 0.717) is 0 Å². The number of thioether (sulfide) groups is 1. The quantitative estimate of drug-likeness (QED) is 0.861. The van der Waals surface area contributed by atoms with Gasteiger partial charge in [-0.1, -0.05) is 30.3 Å². The SMILES string of the molecule is COc1cccc(C2SCCN2C(=O)c2ccccc2C)c1. The molecule has 0 N–H and O–H groups in total. The maximum atomic E-state index is 12.9. The summed E-state index contributed by atoms with van der Waals surface area (Å²) in [6.45, 7) is 2.76. The van der Waals surface area contributed by atoms with Crippen LogP contribution in [0.4, 0.5) is 0 Å². The zero-order valence-electron chi connectivity index (χ0n) is 12.8. The van der Waals surface area contributed by atoms with Crippen LogP contribution in [0.15, 0.2) is 48.5 Å². The van der Waals surface area contributed by atoms with Crippen LogP contribution in [0.3, 0.4) is 0 Å². The normalized spacial score (nSPS) is 17.5. The molecular weight excluding hydrogens is 294 g/mol. The predicted octanol–water partition coefficient (Wildman–Crippen LogP) is 3.89. The van der Waals surface area contributed by atoms with Gasteiger partial charge in [-0.05, 0) is 36.2 Å². The van der Waals surface area contributed by atoms with Gasteiger partial charge in [0.25, 0.3) is 5.91 Å². The summed E-state index contributed by atoms with van der Waals surface area (Å²) in [6.07, 6.45) is 0. The fourth-order valence-corrected chi connectivity index (χ4v) is 3.96. The monoisotopic (exact) mass is 313 g/mol. The van der Waals surface area contributed by atoms with Gasteiger partial charge in [0.2, 0.25) is 0 Å². The lowest BCUT2D eigenvalue weighted by Crippen LogP contribution is -2.30. The highest BCUT2D eigenvalue weighted by Crippen LogP contribution is 2.39. The zero-order valence-corrected chi connectivity index (χ0v) is 13.6. The van der Waals surface area contributed by atoms with Gasteiger partial charge in [-0.3, -0.25) is 4.79 Å². The number of carbonyl (C=O) groups excluding carboxylic acids is 1. The van der Waals surface area contributed by atoms with Gasteiger partial charge in [-0.25, -0.2) is 0 Å². The number of hydrogen-bond acceptors (Lipinski definition) is 3. The summed E-state index contributed by atoms with van der Waals surface area (Å²) in [4.78, 5) is 14.8. The Morgan fingerprint density at radius 3 is 2.82 bits per heavy atom. The van der Waals surface area contributed by atoms with E-state index in [1.54, 1.807) is 18.9 Å². The molecule has 114 valence electrons. The third kappa shape index (κ3) is 2.83. The molecule has 0 aliphatic carbocycles. The van der Waals surface area contributed by atoms with Gasteiger partial charge in [0.15, 0.2) is 0 Å². The molecule has 1 aliphatic rings. The number of nitrogens with zero attached hydrogens (tertiary/aromatic N) is 1. The second-order valence-electron chi connectivity index (χ2n) is 5.31. The van der Waals surface area contributed by atoms with Crippen molar-refractivity contribution in [1.29, 1.82) is 0 Å². The molecule has 1 saturated heterocycles. The molecule has 3 rings (SSSR count). The van der Waals surface area contributed by atoms with Crippen molar-refractivity contribution in [2.75, 3.05) is 19.4 Å². The highest BCUT2D eigenvalue weighted by molar-refractivity contribution is 7.99. The molecule has 0 saturated carbocycles. The molecule has 0 radical (unpaired) electrons. The second-order valence-corrected chi connectivity index (χ2v) is 6.50. The number of ether oxygens (including phenoxy) is 1. The van der Waals surface area contributed by atoms with Crippen molar-refractivity contribution in [3.8, 4) is 5.75 Å². The number of rotatable bonds is 3. The number of benzene rings is 2. The molecule has 2 aromatic rings. The summed E-state index contributed by atoms with van der Waals surface area (Å²) in [5.74, 6) is 1.89. The third-order valence-corrected chi connectivity index (χ3v) is 5.17. The van der Waals surface area contributed by atoms with Gasteiger partial charge in [0.05, 0.1) is 7.11 Å². The van der Waals surface area contributed by atoms with Crippen molar-refractivity contribution in [2.24, 2.45) is 0 Å². The Morgan fingerprint density at radius 1 is 1.23 bits per heavy atom. The van der Waals surface area contributed by atoms with Crippen LogP contribution in [0.25, 0.3) is 0 Å². The van der Waals surface area contributed by atoms with E-state index >= 15 is 0 Å². The molecule has 1 unspecified atom stereocenters. The highest BCUT2D eigenvalue weighted by Gasteiger charge is 2.31. The van der Waals surface area contributed by atoms with Crippen LogP contribution >= 0.6 is 11.8 Å². The summed E-state index contributed by atoms with van der Waals surface area (Å²) in [5.41, 5.74) is 2.93. The first-order chi connectivity index (χ1) is 10.7. The fraction of sp³-hybridized carbons (Fsp3) is 0.278. The lowest BCUT2D eigenvalue weighted by molar-refractivity contribution is 0.0759. The van der Waals surface area contributed by atoms with Crippen molar-refractivity contribution in [3.63, 3.8) is 0 Å². The lowest BCUT2D eigenvalue weighted by atomic mass is 10.1. The van der Waals surface area contributed by atoms with Crippen LogP contribution in [0.5, 0.6) is 5.75 Å². The summed E-state index contributed by atoms with van der Waals surface area (Å²) in [7, 11) is 1.66. The highest BCUT2D eigenvalue weighted by atomic mass is 32.2. The Hall–Kier alpha value is -1.94. The molecule has 4 heteroatoms. The Morgan fingerprint density at radius 2 is 2.05 bits per heavy atom. The van der Waals surface area contributed by atoms with Gasteiger partial charge >= 0.3 is 0 Å². The Kier molecular flexibility index (Phi) is 4.39. The number of carbonyl (C=O) groups is 1. The van der Waals surface area contributed by atoms with Crippen molar-refractivity contribution in [2.45, 2.75) is 12.3 Å². The Balaban J connectivity index is 1.90. The van der Waals surface area contributed by atoms with Crippen molar-refractivity contribution >= 4 is 17.7 Å². The van der Waals surface area contributed by atoms with Crippen molar-refractivity contribution in [3.05, 3.63) is 65.2 Å². The summed E-state index contributed by atoms with van der Waals surface area (Å²) >= 11 is 1.80. The largest absolute Gasteiger partial charge is 0.497 e. The standard InChI is InChI=1S/C18H19NO2S/c1-13-6-3-4-9-16(13)17(20)19-10-11-22-18(19)14-7-5-8-15(12-14)21-2/h3-9,12,18H,10-11H2,1-2H3. The van der Waals surface area contributed by atoms with Crippen LogP contribution in [0.2, 0.25) is 0 Å². The maximum absolute atomic E-state index is 12.9. The molecule has 2 aromatic carbocycles. The predicted molar refractivity (Wildman–Crippen MR) is 90.4 cm³/mol. The van der Waals surface area contributed by atoms with Gasteiger partial charge in [-0.2, -0.15) is 0 Å². The minimum atomic E-state index is 0.0576. The zero-order chi connectivity index (χ0) is 15.5. The molecule has 1 aliphatic heterocycles. The van der Waals surface area contributed by atoms with Gasteiger partial charge in [-0.15, -0.1) is 11.8 Å². The van der Waals surface area contributed by atoms with E-state index in [1.807, 2.05) is 54.3 Å². The maximum Gasteiger partial charge on any atom is 0.255 e. The molecule has 1 heterocycles. The topological polar surface area (TPSA) is 29.5 Å². The van der Waals surface area contributed by atoms with Gasteiger partial charge in [0.1, 0.15) is 11.1 Å². The first kappa shape index (κ1) is 15.0. The second kappa shape index (κ2) is 6.44. The number of hydrogen-bond donors (Lipinski definition) is 0. The van der Waals surface area contributed by atoms with Crippen LogP contribution in [-0.2, 0) is 0 Å². The van der Waals surface area contributed by atoms with E-state index in [-0.39, 0.29) is 11.3 Å². The van der Waals surface area contributed by atoms with Crippen LogP contribution in [0, 0.1) is 6.92 Å². The Labute approximate surface area is 135 Å². The molecule has 22 heavy (non-hydrogen) atoms. The van der Waals surface area contributed by atoms with Gasteiger partial charge in [0, 0.05) is 17.9 Å². The molecule has 1 atom stereocenters. The van der Waals surface area contributed by atoms with Crippen molar-refractivity contribution < 1.29 is 9.53 Å². The number of aryl methyl sites for hydroxylation is 1. The molecule has 3 nitrogen and oxygen atoms in total. The number of methoxy groups -OCH3 is 1. The minimum Gasteiger partial charge on any atom is -0.497 e.